The smallest absolute Gasteiger partial charge is 0.200 e. The Bertz CT molecular complexity index is 652. The predicted molar refractivity (Wildman–Crippen MR) is 63.7 cm³/mol. The van der Waals surface area contributed by atoms with Crippen molar-refractivity contribution in [3.8, 4) is 0 Å². The molecule has 1 unspecified atom stereocenters. The van der Waals surface area contributed by atoms with Gasteiger partial charge in [0.05, 0.1) is 16.8 Å². The summed E-state index contributed by atoms with van der Waals surface area (Å²) in [6.07, 6.45) is 2.67. The summed E-state index contributed by atoms with van der Waals surface area (Å²) in [7, 11) is -1.85. The van der Waals surface area contributed by atoms with E-state index in [1.807, 2.05) is 0 Å². The standard InChI is InChI=1S/C9H11ClN4O2S/c1-6(3-10)17(15,16)9-7-4-13-14(2)8(7)11-5-12-9/h4-6H,3H2,1-2H3. The van der Waals surface area contributed by atoms with Gasteiger partial charge in [-0.2, -0.15) is 5.10 Å². The van der Waals surface area contributed by atoms with Gasteiger partial charge in [0.1, 0.15) is 6.33 Å². The van der Waals surface area contributed by atoms with Gasteiger partial charge in [-0.15, -0.1) is 11.6 Å². The van der Waals surface area contributed by atoms with E-state index < -0.39 is 15.1 Å². The van der Waals surface area contributed by atoms with Gasteiger partial charge in [0.2, 0.25) is 0 Å². The Kier molecular flexibility index (Phi) is 3.05. The maximum atomic E-state index is 12.2. The number of fused-ring (bicyclic) bond motifs is 1. The molecule has 0 N–H and O–H groups in total. The van der Waals surface area contributed by atoms with Crippen LogP contribution in [-0.4, -0.2) is 39.3 Å². The van der Waals surface area contributed by atoms with Crippen LogP contribution in [0.3, 0.4) is 0 Å². The molecule has 0 fully saturated rings. The van der Waals surface area contributed by atoms with Gasteiger partial charge in [-0.1, -0.05) is 0 Å². The lowest BCUT2D eigenvalue weighted by Gasteiger charge is -2.09. The molecule has 1 atom stereocenters. The molecule has 0 radical (unpaired) electrons. The second kappa shape index (κ2) is 4.23. The lowest BCUT2D eigenvalue weighted by molar-refractivity contribution is 0.585. The predicted octanol–water partition coefficient (Wildman–Crippen LogP) is 0.764. The topological polar surface area (TPSA) is 77.7 Å². The van der Waals surface area contributed by atoms with Crippen molar-refractivity contribution in [3.05, 3.63) is 12.5 Å². The molecule has 2 heterocycles. The first-order valence-corrected chi connectivity index (χ1v) is 6.99. The van der Waals surface area contributed by atoms with Crippen molar-refractivity contribution in [1.29, 1.82) is 0 Å². The van der Waals surface area contributed by atoms with Crippen molar-refractivity contribution in [2.45, 2.75) is 17.2 Å². The molecule has 0 aliphatic carbocycles. The van der Waals surface area contributed by atoms with Gasteiger partial charge in [0.15, 0.2) is 20.5 Å². The number of rotatable bonds is 3. The van der Waals surface area contributed by atoms with Crippen LogP contribution in [0.25, 0.3) is 11.0 Å². The van der Waals surface area contributed by atoms with Crippen molar-refractivity contribution in [3.63, 3.8) is 0 Å². The molecule has 0 spiro atoms. The first-order valence-electron chi connectivity index (χ1n) is 4.91. The molecule has 0 bridgehead atoms. The van der Waals surface area contributed by atoms with E-state index in [1.54, 1.807) is 14.0 Å². The van der Waals surface area contributed by atoms with Crippen LogP contribution in [0.5, 0.6) is 0 Å². The van der Waals surface area contributed by atoms with E-state index in [9.17, 15) is 8.42 Å². The normalized spacial score (nSPS) is 14.1. The third-order valence-corrected chi connectivity index (χ3v) is 5.25. The molecule has 0 amide bonds. The molecule has 0 aromatic carbocycles. The Morgan fingerprint density at radius 1 is 1.47 bits per heavy atom. The first kappa shape index (κ1) is 12.3. The number of sulfone groups is 1. The minimum absolute atomic E-state index is 0.0104. The zero-order valence-corrected chi connectivity index (χ0v) is 10.9. The third-order valence-electron chi connectivity index (χ3n) is 2.51. The van der Waals surface area contributed by atoms with Crippen LogP contribution in [0, 0.1) is 0 Å². The molecule has 2 aromatic heterocycles. The molecule has 6 nitrogen and oxygen atoms in total. The Balaban J connectivity index is 2.72. The SMILES string of the molecule is CC(CCl)S(=O)(=O)c1ncnc2c1cnn2C. The monoisotopic (exact) mass is 274 g/mol. The number of nitrogens with zero attached hydrogens (tertiary/aromatic N) is 4. The average Bonchev–Trinajstić information content (AvgIpc) is 2.70. The van der Waals surface area contributed by atoms with Crippen LogP contribution in [0.15, 0.2) is 17.6 Å². The molecule has 8 heteroatoms. The van der Waals surface area contributed by atoms with Gasteiger partial charge in [-0.05, 0) is 6.92 Å². The largest absolute Gasteiger partial charge is 0.250 e. The van der Waals surface area contributed by atoms with Crippen LogP contribution in [0.2, 0.25) is 0 Å². The van der Waals surface area contributed by atoms with E-state index in [-0.39, 0.29) is 10.9 Å². The van der Waals surface area contributed by atoms with Crippen molar-refractivity contribution < 1.29 is 8.42 Å². The lowest BCUT2D eigenvalue weighted by Crippen LogP contribution is -2.21. The minimum atomic E-state index is -3.54. The molecular formula is C9H11ClN4O2S. The van der Waals surface area contributed by atoms with E-state index in [1.165, 1.54) is 17.2 Å². The Morgan fingerprint density at radius 3 is 2.82 bits per heavy atom. The van der Waals surface area contributed by atoms with Gasteiger partial charge in [-0.25, -0.2) is 18.4 Å². The van der Waals surface area contributed by atoms with Crippen LogP contribution < -0.4 is 0 Å². The summed E-state index contributed by atoms with van der Waals surface area (Å²) in [4.78, 5) is 7.84. The van der Waals surface area contributed by atoms with Crippen LogP contribution in [0.1, 0.15) is 6.92 Å². The van der Waals surface area contributed by atoms with Gasteiger partial charge < -0.3 is 0 Å². The van der Waals surface area contributed by atoms with Gasteiger partial charge >= 0.3 is 0 Å². The minimum Gasteiger partial charge on any atom is -0.250 e. The highest BCUT2D eigenvalue weighted by Crippen LogP contribution is 2.22. The van der Waals surface area contributed by atoms with Crippen LogP contribution >= 0.6 is 11.6 Å². The highest BCUT2D eigenvalue weighted by atomic mass is 35.5. The second-order valence-corrected chi connectivity index (χ2v) is 6.28. The quantitative estimate of drug-likeness (QED) is 0.610. The Morgan fingerprint density at radius 2 is 2.18 bits per heavy atom. The number of alkyl halides is 1. The summed E-state index contributed by atoms with van der Waals surface area (Å²) in [6, 6.07) is 0. The molecule has 0 aliphatic heterocycles. The summed E-state index contributed by atoms with van der Waals surface area (Å²) in [6.45, 7) is 1.55. The first-order chi connectivity index (χ1) is 7.98. The molecule has 92 valence electrons. The van der Waals surface area contributed by atoms with Crippen LogP contribution in [-0.2, 0) is 16.9 Å². The van der Waals surface area contributed by atoms with Crippen molar-refractivity contribution in [2.75, 3.05) is 5.88 Å². The molecule has 2 aromatic rings. The van der Waals surface area contributed by atoms with Crippen molar-refractivity contribution in [2.24, 2.45) is 7.05 Å². The Hall–Kier alpha value is -1.21. The van der Waals surface area contributed by atoms with E-state index in [4.69, 9.17) is 11.6 Å². The van der Waals surface area contributed by atoms with Crippen LogP contribution in [0.4, 0.5) is 0 Å². The number of aryl methyl sites for hydroxylation is 1. The maximum absolute atomic E-state index is 12.2. The summed E-state index contributed by atoms with van der Waals surface area (Å²) >= 11 is 5.60. The zero-order valence-electron chi connectivity index (χ0n) is 9.33. The lowest BCUT2D eigenvalue weighted by atomic mass is 10.4. The highest BCUT2D eigenvalue weighted by molar-refractivity contribution is 7.92. The van der Waals surface area contributed by atoms with E-state index in [0.717, 1.165) is 0 Å². The van der Waals surface area contributed by atoms with E-state index in [2.05, 4.69) is 15.1 Å². The summed E-state index contributed by atoms with van der Waals surface area (Å²) < 4.78 is 25.9. The number of hydrogen-bond donors (Lipinski definition) is 0. The molecule has 0 saturated carbocycles. The molecule has 0 saturated heterocycles. The fourth-order valence-electron chi connectivity index (χ4n) is 1.44. The number of aromatic nitrogens is 4. The second-order valence-electron chi connectivity index (χ2n) is 3.69. The third kappa shape index (κ3) is 1.89. The van der Waals surface area contributed by atoms with Crippen molar-refractivity contribution in [1.82, 2.24) is 19.7 Å². The summed E-state index contributed by atoms with van der Waals surface area (Å²) in [5.74, 6) is 0.0219. The molecular weight excluding hydrogens is 264 g/mol. The van der Waals surface area contributed by atoms with Gasteiger partial charge in [0, 0.05) is 12.9 Å². The van der Waals surface area contributed by atoms with E-state index >= 15 is 0 Å². The number of hydrogen-bond acceptors (Lipinski definition) is 5. The number of halogens is 1. The maximum Gasteiger partial charge on any atom is 0.200 e. The van der Waals surface area contributed by atoms with Gasteiger partial charge in [0.25, 0.3) is 0 Å². The summed E-state index contributed by atoms with van der Waals surface area (Å²) in [5, 5.41) is 3.69. The fraction of sp³-hybridized carbons (Fsp3) is 0.444. The summed E-state index contributed by atoms with van der Waals surface area (Å²) in [5.41, 5.74) is 0.486. The van der Waals surface area contributed by atoms with Gasteiger partial charge in [-0.3, -0.25) is 4.68 Å². The molecule has 17 heavy (non-hydrogen) atoms. The zero-order chi connectivity index (χ0) is 12.6. The van der Waals surface area contributed by atoms with E-state index in [0.29, 0.717) is 11.0 Å². The fourth-order valence-corrected chi connectivity index (χ4v) is 3.13. The molecule has 0 aliphatic rings. The van der Waals surface area contributed by atoms with Crippen molar-refractivity contribution >= 4 is 32.5 Å². The average molecular weight is 275 g/mol. The molecule has 2 rings (SSSR count). The highest BCUT2D eigenvalue weighted by Gasteiger charge is 2.27. The Labute approximate surface area is 104 Å².